The molecule has 0 fully saturated rings. The van der Waals surface area contributed by atoms with Gasteiger partial charge in [0.25, 0.3) is 0 Å². The maximum Gasteiger partial charge on any atom is 0.338 e. The zero-order valence-electron chi connectivity index (χ0n) is 10.6. The van der Waals surface area contributed by atoms with Gasteiger partial charge >= 0.3 is 5.97 Å². The third-order valence-corrected chi connectivity index (χ3v) is 3.26. The van der Waals surface area contributed by atoms with Gasteiger partial charge < -0.3 is 4.74 Å². The minimum atomic E-state index is -0.304. The largest absolute Gasteiger partial charge is 0.465 e. The van der Waals surface area contributed by atoms with Gasteiger partial charge in [0.15, 0.2) is 0 Å². The van der Waals surface area contributed by atoms with Gasteiger partial charge in [0.2, 0.25) is 0 Å². The van der Waals surface area contributed by atoms with Crippen LogP contribution >= 0.6 is 0 Å². The molecule has 0 saturated heterocycles. The third-order valence-electron chi connectivity index (χ3n) is 3.26. The standard InChI is InChI=1S/C16H13NO2/c1-19-16(18)12-8-5-9-14-13(12)10-15(17-14)11-6-3-2-4-7-11/h2-9H,10H2,1H3. The van der Waals surface area contributed by atoms with Gasteiger partial charge in [-0.05, 0) is 23.3 Å². The molecule has 1 aliphatic heterocycles. The Bertz CT molecular complexity index is 660. The van der Waals surface area contributed by atoms with Gasteiger partial charge in [-0.2, -0.15) is 0 Å². The molecular weight excluding hydrogens is 238 g/mol. The van der Waals surface area contributed by atoms with Gasteiger partial charge in [0, 0.05) is 6.42 Å². The zero-order chi connectivity index (χ0) is 13.2. The number of ether oxygens (including phenoxy) is 1. The molecule has 3 rings (SSSR count). The quantitative estimate of drug-likeness (QED) is 0.769. The van der Waals surface area contributed by atoms with Crippen LogP contribution in [0.1, 0.15) is 21.5 Å². The molecule has 1 heterocycles. The Labute approximate surface area is 111 Å². The average Bonchev–Trinajstić information content (AvgIpc) is 2.91. The zero-order valence-corrected chi connectivity index (χ0v) is 10.6. The molecule has 0 bridgehead atoms. The molecule has 94 valence electrons. The summed E-state index contributed by atoms with van der Waals surface area (Å²) < 4.78 is 4.81. The molecule has 0 N–H and O–H groups in total. The van der Waals surface area contributed by atoms with E-state index in [1.165, 1.54) is 7.11 Å². The molecule has 0 saturated carbocycles. The summed E-state index contributed by atoms with van der Waals surface area (Å²) in [6.45, 7) is 0. The Morgan fingerprint density at radius 3 is 2.63 bits per heavy atom. The van der Waals surface area contributed by atoms with E-state index >= 15 is 0 Å². The number of methoxy groups -OCH3 is 1. The van der Waals surface area contributed by atoms with E-state index in [0.29, 0.717) is 12.0 Å². The van der Waals surface area contributed by atoms with Crippen molar-refractivity contribution in [1.82, 2.24) is 0 Å². The van der Waals surface area contributed by atoms with Crippen molar-refractivity contribution in [2.75, 3.05) is 7.11 Å². The number of rotatable bonds is 2. The van der Waals surface area contributed by atoms with Crippen molar-refractivity contribution in [3.8, 4) is 0 Å². The van der Waals surface area contributed by atoms with E-state index in [0.717, 1.165) is 22.5 Å². The van der Waals surface area contributed by atoms with Crippen molar-refractivity contribution in [1.29, 1.82) is 0 Å². The third kappa shape index (κ3) is 2.03. The lowest BCUT2D eigenvalue weighted by atomic mass is 10.00. The highest BCUT2D eigenvalue weighted by Gasteiger charge is 2.22. The number of carbonyl (C=O) groups is 1. The first-order valence-corrected chi connectivity index (χ1v) is 6.13. The van der Waals surface area contributed by atoms with Crippen molar-refractivity contribution >= 4 is 17.4 Å². The first-order valence-electron chi connectivity index (χ1n) is 6.13. The fourth-order valence-electron chi connectivity index (χ4n) is 2.32. The molecule has 0 aromatic heterocycles. The Balaban J connectivity index is 2.00. The molecule has 1 aliphatic rings. The number of nitrogens with zero attached hydrogens (tertiary/aromatic N) is 1. The summed E-state index contributed by atoms with van der Waals surface area (Å²) in [4.78, 5) is 16.4. The van der Waals surface area contributed by atoms with E-state index in [1.54, 1.807) is 6.07 Å². The molecular formula is C16H13NO2. The van der Waals surface area contributed by atoms with Crippen LogP contribution in [0, 0.1) is 0 Å². The van der Waals surface area contributed by atoms with E-state index in [1.807, 2.05) is 42.5 Å². The maximum absolute atomic E-state index is 11.7. The van der Waals surface area contributed by atoms with E-state index in [2.05, 4.69) is 4.99 Å². The van der Waals surface area contributed by atoms with Gasteiger partial charge in [-0.1, -0.05) is 36.4 Å². The van der Waals surface area contributed by atoms with Gasteiger partial charge in [-0.15, -0.1) is 0 Å². The smallest absolute Gasteiger partial charge is 0.338 e. The number of esters is 1. The van der Waals surface area contributed by atoms with E-state index in [-0.39, 0.29) is 5.97 Å². The monoisotopic (exact) mass is 251 g/mol. The molecule has 3 nitrogen and oxygen atoms in total. The van der Waals surface area contributed by atoms with Gasteiger partial charge in [0.05, 0.1) is 24.1 Å². The molecule has 0 spiro atoms. The second-order valence-corrected chi connectivity index (χ2v) is 4.40. The summed E-state index contributed by atoms with van der Waals surface area (Å²) in [5, 5.41) is 0. The molecule has 0 unspecified atom stereocenters. The molecule has 3 heteroatoms. The molecule has 2 aromatic carbocycles. The maximum atomic E-state index is 11.7. The molecule has 0 aliphatic carbocycles. The predicted octanol–water partition coefficient (Wildman–Crippen LogP) is 3.15. The first-order chi connectivity index (χ1) is 9.29. The van der Waals surface area contributed by atoms with E-state index in [4.69, 9.17) is 4.74 Å². The van der Waals surface area contributed by atoms with Crippen molar-refractivity contribution in [3.05, 3.63) is 65.2 Å². The minimum Gasteiger partial charge on any atom is -0.465 e. The number of aliphatic imine (C=N–C) groups is 1. The van der Waals surface area contributed by atoms with E-state index < -0.39 is 0 Å². The van der Waals surface area contributed by atoms with Crippen molar-refractivity contribution in [2.24, 2.45) is 4.99 Å². The van der Waals surface area contributed by atoms with Crippen LogP contribution in [-0.2, 0) is 11.2 Å². The number of hydrogen-bond acceptors (Lipinski definition) is 3. The summed E-state index contributed by atoms with van der Waals surface area (Å²) in [6, 6.07) is 15.6. The second-order valence-electron chi connectivity index (χ2n) is 4.40. The molecule has 0 radical (unpaired) electrons. The fourth-order valence-corrected chi connectivity index (χ4v) is 2.32. The highest BCUT2D eigenvalue weighted by Crippen LogP contribution is 2.31. The van der Waals surface area contributed by atoms with Gasteiger partial charge in [0.1, 0.15) is 0 Å². The highest BCUT2D eigenvalue weighted by molar-refractivity contribution is 6.08. The summed E-state index contributed by atoms with van der Waals surface area (Å²) in [7, 11) is 1.40. The Morgan fingerprint density at radius 1 is 1.11 bits per heavy atom. The number of fused-ring (bicyclic) bond motifs is 1. The fraction of sp³-hybridized carbons (Fsp3) is 0.125. The normalized spacial score (nSPS) is 12.8. The average molecular weight is 251 g/mol. The summed E-state index contributed by atoms with van der Waals surface area (Å²) in [5.74, 6) is -0.304. The second kappa shape index (κ2) is 4.69. The lowest BCUT2D eigenvalue weighted by molar-refractivity contribution is 0.0600. The van der Waals surface area contributed by atoms with Crippen molar-refractivity contribution < 1.29 is 9.53 Å². The van der Waals surface area contributed by atoms with Crippen LogP contribution in [-0.4, -0.2) is 18.8 Å². The minimum absolute atomic E-state index is 0.304. The van der Waals surface area contributed by atoms with Crippen LogP contribution in [0.25, 0.3) is 0 Å². The van der Waals surface area contributed by atoms with Crippen LogP contribution in [0.15, 0.2) is 53.5 Å². The SMILES string of the molecule is COC(=O)c1cccc2c1CC(c1ccccc1)=N2. The van der Waals surface area contributed by atoms with Crippen LogP contribution in [0.5, 0.6) is 0 Å². The Morgan fingerprint density at radius 2 is 1.89 bits per heavy atom. The Hall–Kier alpha value is -2.42. The summed E-state index contributed by atoms with van der Waals surface area (Å²) in [6.07, 6.45) is 0.671. The van der Waals surface area contributed by atoms with Crippen LogP contribution in [0.3, 0.4) is 0 Å². The molecule has 19 heavy (non-hydrogen) atoms. The van der Waals surface area contributed by atoms with Crippen LogP contribution < -0.4 is 0 Å². The Kier molecular flexibility index (Phi) is 2.88. The molecule has 0 amide bonds. The molecule has 0 atom stereocenters. The lowest BCUT2D eigenvalue weighted by Crippen LogP contribution is -2.07. The van der Waals surface area contributed by atoms with Crippen molar-refractivity contribution in [2.45, 2.75) is 6.42 Å². The highest BCUT2D eigenvalue weighted by atomic mass is 16.5. The molecule has 2 aromatic rings. The van der Waals surface area contributed by atoms with E-state index in [9.17, 15) is 4.79 Å². The topological polar surface area (TPSA) is 38.7 Å². The van der Waals surface area contributed by atoms with Gasteiger partial charge in [-0.3, -0.25) is 4.99 Å². The predicted molar refractivity (Wildman–Crippen MR) is 74.1 cm³/mol. The summed E-state index contributed by atoms with van der Waals surface area (Å²) in [5.41, 5.74) is 4.51. The van der Waals surface area contributed by atoms with Crippen LogP contribution in [0.4, 0.5) is 5.69 Å². The van der Waals surface area contributed by atoms with Gasteiger partial charge in [-0.25, -0.2) is 4.79 Å². The summed E-state index contributed by atoms with van der Waals surface area (Å²) >= 11 is 0. The van der Waals surface area contributed by atoms with Crippen LogP contribution in [0.2, 0.25) is 0 Å². The van der Waals surface area contributed by atoms with Crippen molar-refractivity contribution in [3.63, 3.8) is 0 Å². The lowest BCUT2D eigenvalue weighted by Gasteiger charge is -2.05. The first kappa shape index (κ1) is 11.7. The number of carbonyl (C=O) groups excluding carboxylic acids is 1. The number of hydrogen-bond donors (Lipinski definition) is 0. The number of benzene rings is 2.